The number of unbranched alkanes of at least 4 members (excludes halogenated alkanes) is 14. The maximum absolute atomic E-state index is 12.7. The molecule has 0 spiro atoms. The third-order valence-electron chi connectivity index (χ3n) is 7.25. The Labute approximate surface area is 229 Å². The van der Waals surface area contributed by atoms with Crippen LogP contribution in [0.15, 0.2) is 5.18 Å². The van der Waals surface area contributed by atoms with E-state index in [1.165, 1.54) is 51.4 Å². The van der Waals surface area contributed by atoms with Gasteiger partial charge in [-0.2, -0.15) is 10.2 Å². The van der Waals surface area contributed by atoms with Gasteiger partial charge in [-0.1, -0.05) is 96.1 Å². The van der Waals surface area contributed by atoms with E-state index in [-0.39, 0.29) is 11.9 Å². The summed E-state index contributed by atoms with van der Waals surface area (Å²) in [6.07, 6.45) is 23.0. The highest BCUT2D eigenvalue weighted by Gasteiger charge is 2.19. The normalized spacial score (nSPS) is 11.9. The molecule has 1 unspecified atom stereocenters. The van der Waals surface area contributed by atoms with Gasteiger partial charge in [0.05, 0.1) is 25.1 Å². The summed E-state index contributed by atoms with van der Waals surface area (Å²) >= 11 is 0. The average Bonchev–Trinajstić information content (AvgIpc) is 2.90. The number of carbonyl (C=O) groups excluding carboxylic acids is 1. The standard InChI is InChI=1S/C31H59N3O3/c1-3-5-7-18-26-34(28-20-17-25-33-36)27-19-12-13-21-29-37-31(35)30(22-14-6-4-2)23-15-10-8-9-11-16-24-32/h30H,3-23,25-29H2,1-2H3. The van der Waals surface area contributed by atoms with Crippen LogP contribution >= 0.6 is 0 Å². The second-order valence-electron chi connectivity index (χ2n) is 10.7. The summed E-state index contributed by atoms with van der Waals surface area (Å²) in [6, 6.07) is 2.21. The van der Waals surface area contributed by atoms with Crippen molar-refractivity contribution in [3.63, 3.8) is 0 Å². The zero-order chi connectivity index (χ0) is 27.2. The summed E-state index contributed by atoms with van der Waals surface area (Å²) in [6.45, 7) is 8.78. The second kappa shape index (κ2) is 29.1. The highest BCUT2D eigenvalue weighted by Crippen LogP contribution is 2.20. The molecule has 37 heavy (non-hydrogen) atoms. The molecule has 0 rings (SSSR count). The Balaban J connectivity index is 4.12. The Bertz CT molecular complexity index is 550. The van der Waals surface area contributed by atoms with Crippen LogP contribution in [0.2, 0.25) is 0 Å². The summed E-state index contributed by atoms with van der Waals surface area (Å²) in [5, 5.41) is 11.6. The summed E-state index contributed by atoms with van der Waals surface area (Å²) in [4.78, 5) is 25.6. The Kier molecular flexibility index (Phi) is 27.9. The van der Waals surface area contributed by atoms with Gasteiger partial charge >= 0.3 is 5.97 Å². The minimum absolute atomic E-state index is 0.0173. The van der Waals surface area contributed by atoms with Crippen molar-refractivity contribution in [2.45, 2.75) is 149 Å². The van der Waals surface area contributed by atoms with E-state index in [0.717, 1.165) is 96.7 Å². The van der Waals surface area contributed by atoms with Crippen LogP contribution in [0.3, 0.4) is 0 Å². The molecule has 0 aliphatic rings. The Morgan fingerprint density at radius 2 is 1.24 bits per heavy atom. The SMILES string of the molecule is CCCCCCN(CCCCCCOC(=O)C(CCCCC)CCCCCCCC#N)CCCCN=O. The third kappa shape index (κ3) is 24.6. The van der Waals surface area contributed by atoms with Crippen LogP contribution in [-0.2, 0) is 9.53 Å². The van der Waals surface area contributed by atoms with Gasteiger partial charge in [0.25, 0.3) is 0 Å². The first-order chi connectivity index (χ1) is 18.2. The van der Waals surface area contributed by atoms with E-state index in [1.807, 2.05) is 0 Å². The van der Waals surface area contributed by atoms with Crippen LogP contribution in [-0.4, -0.2) is 43.7 Å². The molecular formula is C31H59N3O3. The average molecular weight is 522 g/mol. The lowest BCUT2D eigenvalue weighted by Gasteiger charge is -2.22. The molecule has 0 N–H and O–H groups in total. The Morgan fingerprint density at radius 3 is 1.89 bits per heavy atom. The van der Waals surface area contributed by atoms with Crippen LogP contribution in [0.5, 0.6) is 0 Å². The van der Waals surface area contributed by atoms with Gasteiger partial charge in [-0.3, -0.25) is 4.79 Å². The number of esters is 1. The van der Waals surface area contributed by atoms with Crippen molar-refractivity contribution >= 4 is 5.97 Å². The van der Waals surface area contributed by atoms with Crippen LogP contribution in [0.25, 0.3) is 0 Å². The third-order valence-corrected chi connectivity index (χ3v) is 7.25. The predicted octanol–water partition coefficient (Wildman–Crippen LogP) is 8.97. The molecule has 0 radical (unpaired) electrons. The number of ether oxygens (including phenoxy) is 1. The van der Waals surface area contributed by atoms with Crippen molar-refractivity contribution in [3.8, 4) is 6.07 Å². The van der Waals surface area contributed by atoms with Gasteiger partial charge in [-0.15, -0.1) is 0 Å². The fourth-order valence-electron chi connectivity index (χ4n) is 4.84. The molecule has 0 saturated heterocycles. The lowest BCUT2D eigenvalue weighted by Crippen LogP contribution is -2.27. The molecule has 216 valence electrons. The van der Waals surface area contributed by atoms with Crippen molar-refractivity contribution in [1.29, 1.82) is 5.26 Å². The van der Waals surface area contributed by atoms with E-state index in [0.29, 0.717) is 19.6 Å². The molecular weight excluding hydrogens is 462 g/mol. The van der Waals surface area contributed by atoms with Crippen molar-refractivity contribution in [2.24, 2.45) is 11.1 Å². The highest BCUT2D eigenvalue weighted by molar-refractivity contribution is 5.72. The van der Waals surface area contributed by atoms with E-state index < -0.39 is 0 Å². The van der Waals surface area contributed by atoms with Gasteiger partial charge in [0.2, 0.25) is 0 Å². The van der Waals surface area contributed by atoms with Crippen LogP contribution < -0.4 is 0 Å². The fourth-order valence-corrected chi connectivity index (χ4v) is 4.84. The zero-order valence-corrected chi connectivity index (χ0v) is 24.5. The lowest BCUT2D eigenvalue weighted by molar-refractivity contribution is -0.149. The van der Waals surface area contributed by atoms with E-state index >= 15 is 0 Å². The van der Waals surface area contributed by atoms with Crippen molar-refractivity contribution in [2.75, 3.05) is 32.8 Å². The van der Waals surface area contributed by atoms with Gasteiger partial charge < -0.3 is 9.64 Å². The molecule has 0 aromatic carbocycles. The first-order valence-corrected chi connectivity index (χ1v) is 15.7. The Morgan fingerprint density at radius 1 is 0.730 bits per heavy atom. The first kappa shape index (κ1) is 35.5. The number of nitroso groups, excluding NO2 is 1. The molecule has 0 aromatic heterocycles. The monoisotopic (exact) mass is 521 g/mol. The lowest BCUT2D eigenvalue weighted by atomic mass is 9.94. The quantitative estimate of drug-likeness (QED) is 0.0557. The van der Waals surface area contributed by atoms with Gasteiger partial charge in [0.15, 0.2) is 0 Å². The van der Waals surface area contributed by atoms with Crippen LogP contribution in [0.4, 0.5) is 0 Å². The summed E-state index contributed by atoms with van der Waals surface area (Å²) in [7, 11) is 0. The molecule has 0 aliphatic carbocycles. The number of nitriles is 1. The van der Waals surface area contributed by atoms with E-state index in [2.05, 4.69) is 30.0 Å². The molecule has 6 heteroatoms. The van der Waals surface area contributed by atoms with E-state index in [1.54, 1.807) is 0 Å². The molecule has 0 aromatic rings. The maximum atomic E-state index is 12.7. The largest absolute Gasteiger partial charge is 0.465 e. The minimum Gasteiger partial charge on any atom is -0.465 e. The zero-order valence-electron chi connectivity index (χ0n) is 24.5. The van der Waals surface area contributed by atoms with Gasteiger partial charge in [-0.05, 0) is 71.0 Å². The molecule has 6 nitrogen and oxygen atoms in total. The van der Waals surface area contributed by atoms with Gasteiger partial charge in [0, 0.05) is 6.42 Å². The number of hydrogen-bond acceptors (Lipinski definition) is 6. The van der Waals surface area contributed by atoms with Crippen LogP contribution in [0.1, 0.15) is 149 Å². The van der Waals surface area contributed by atoms with Crippen LogP contribution in [0, 0.1) is 22.2 Å². The van der Waals surface area contributed by atoms with E-state index in [9.17, 15) is 9.70 Å². The smallest absolute Gasteiger partial charge is 0.308 e. The number of rotatable bonds is 29. The molecule has 0 fully saturated rings. The summed E-state index contributed by atoms with van der Waals surface area (Å²) in [5.74, 6) is 0.0741. The fraction of sp³-hybridized carbons (Fsp3) is 0.935. The molecule has 0 bridgehead atoms. The molecule has 0 aliphatic heterocycles. The minimum atomic E-state index is 0.0173. The summed E-state index contributed by atoms with van der Waals surface area (Å²) < 4.78 is 5.71. The predicted molar refractivity (Wildman–Crippen MR) is 155 cm³/mol. The summed E-state index contributed by atoms with van der Waals surface area (Å²) in [5.41, 5.74) is 0. The van der Waals surface area contributed by atoms with Crippen molar-refractivity contribution < 1.29 is 9.53 Å². The second-order valence-corrected chi connectivity index (χ2v) is 10.7. The van der Waals surface area contributed by atoms with Gasteiger partial charge in [0.1, 0.15) is 0 Å². The number of hydrogen-bond donors (Lipinski definition) is 0. The Hall–Kier alpha value is -1.48. The van der Waals surface area contributed by atoms with Crippen molar-refractivity contribution in [1.82, 2.24) is 4.90 Å². The molecule has 0 heterocycles. The molecule has 0 saturated carbocycles. The maximum Gasteiger partial charge on any atom is 0.308 e. The molecule has 0 amide bonds. The number of carbonyl (C=O) groups is 1. The topological polar surface area (TPSA) is 82.8 Å². The van der Waals surface area contributed by atoms with Gasteiger partial charge in [-0.25, -0.2) is 0 Å². The first-order valence-electron chi connectivity index (χ1n) is 15.7. The molecule has 1 atom stereocenters. The van der Waals surface area contributed by atoms with E-state index in [4.69, 9.17) is 10.00 Å². The number of nitrogens with zero attached hydrogens (tertiary/aromatic N) is 3. The van der Waals surface area contributed by atoms with Crippen molar-refractivity contribution in [3.05, 3.63) is 4.91 Å². The highest BCUT2D eigenvalue weighted by atomic mass is 16.5.